The standard InChI is InChI=1S/C14H21ClN2/c1-2-3-11-4-6-12(7-5-11)14-16-9-8-13(10-15)17-14/h8-9,11-12H,2-7,10H2,1H3. The lowest BCUT2D eigenvalue weighted by Gasteiger charge is -2.27. The molecule has 0 N–H and O–H groups in total. The molecular weight excluding hydrogens is 232 g/mol. The van der Waals surface area contributed by atoms with Gasteiger partial charge in [0.25, 0.3) is 0 Å². The first-order chi connectivity index (χ1) is 8.33. The van der Waals surface area contributed by atoms with Gasteiger partial charge in [-0.1, -0.05) is 19.8 Å². The van der Waals surface area contributed by atoms with Crippen molar-refractivity contribution in [2.24, 2.45) is 5.92 Å². The van der Waals surface area contributed by atoms with Crippen LogP contribution in [-0.2, 0) is 5.88 Å². The van der Waals surface area contributed by atoms with Crippen LogP contribution in [0.4, 0.5) is 0 Å². The van der Waals surface area contributed by atoms with Gasteiger partial charge in [0.05, 0.1) is 11.6 Å². The summed E-state index contributed by atoms with van der Waals surface area (Å²) < 4.78 is 0. The van der Waals surface area contributed by atoms with E-state index >= 15 is 0 Å². The van der Waals surface area contributed by atoms with Crippen molar-refractivity contribution in [3.8, 4) is 0 Å². The number of hydrogen-bond donors (Lipinski definition) is 0. The number of nitrogens with zero attached hydrogens (tertiary/aromatic N) is 2. The third kappa shape index (κ3) is 3.41. The van der Waals surface area contributed by atoms with Crippen LogP contribution in [0.15, 0.2) is 12.3 Å². The summed E-state index contributed by atoms with van der Waals surface area (Å²) in [5.41, 5.74) is 0.951. The lowest BCUT2D eigenvalue weighted by molar-refractivity contribution is 0.302. The van der Waals surface area contributed by atoms with E-state index in [1.165, 1.54) is 38.5 Å². The summed E-state index contributed by atoms with van der Waals surface area (Å²) in [6.45, 7) is 2.28. The molecule has 3 heteroatoms. The molecule has 1 aromatic heterocycles. The Morgan fingerprint density at radius 1 is 1.29 bits per heavy atom. The van der Waals surface area contributed by atoms with Gasteiger partial charge in [0.1, 0.15) is 5.82 Å². The van der Waals surface area contributed by atoms with Crippen molar-refractivity contribution in [2.75, 3.05) is 0 Å². The van der Waals surface area contributed by atoms with Gasteiger partial charge in [-0.15, -0.1) is 11.6 Å². The minimum Gasteiger partial charge on any atom is -0.241 e. The first-order valence-electron chi connectivity index (χ1n) is 6.71. The Kier molecular flexibility index (Phi) is 4.78. The van der Waals surface area contributed by atoms with Crippen molar-refractivity contribution < 1.29 is 0 Å². The van der Waals surface area contributed by atoms with Crippen molar-refractivity contribution in [1.82, 2.24) is 9.97 Å². The molecule has 1 aliphatic rings. The quantitative estimate of drug-likeness (QED) is 0.747. The van der Waals surface area contributed by atoms with Crippen molar-refractivity contribution in [1.29, 1.82) is 0 Å². The molecule has 1 aliphatic carbocycles. The molecule has 1 aromatic rings. The van der Waals surface area contributed by atoms with Gasteiger partial charge < -0.3 is 0 Å². The highest BCUT2D eigenvalue weighted by Crippen LogP contribution is 2.36. The van der Waals surface area contributed by atoms with Gasteiger partial charge in [0, 0.05) is 12.1 Å². The molecule has 0 radical (unpaired) electrons. The Bertz CT molecular complexity index is 346. The van der Waals surface area contributed by atoms with Gasteiger partial charge in [-0.25, -0.2) is 9.97 Å². The zero-order valence-electron chi connectivity index (χ0n) is 10.5. The molecule has 0 aliphatic heterocycles. The maximum absolute atomic E-state index is 5.81. The van der Waals surface area contributed by atoms with Crippen molar-refractivity contribution in [3.63, 3.8) is 0 Å². The summed E-state index contributed by atoms with van der Waals surface area (Å²) >= 11 is 5.81. The van der Waals surface area contributed by atoms with Gasteiger partial charge >= 0.3 is 0 Å². The van der Waals surface area contributed by atoms with E-state index < -0.39 is 0 Å². The molecule has 0 bridgehead atoms. The zero-order valence-corrected chi connectivity index (χ0v) is 11.3. The summed E-state index contributed by atoms with van der Waals surface area (Å²) in [7, 11) is 0. The Hall–Kier alpha value is -0.630. The van der Waals surface area contributed by atoms with E-state index in [0.717, 1.165) is 17.4 Å². The van der Waals surface area contributed by atoms with Crippen LogP contribution in [0.3, 0.4) is 0 Å². The van der Waals surface area contributed by atoms with Gasteiger partial charge in [-0.2, -0.15) is 0 Å². The van der Waals surface area contributed by atoms with E-state index in [1.54, 1.807) is 0 Å². The van der Waals surface area contributed by atoms with Crippen LogP contribution in [0.1, 0.15) is 62.9 Å². The predicted molar refractivity (Wildman–Crippen MR) is 71.2 cm³/mol. The topological polar surface area (TPSA) is 25.8 Å². The fraction of sp³-hybridized carbons (Fsp3) is 0.714. The smallest absolute Gasteiger partial charge is 0.131 e. The average molecular weight is 253 g/mol. The second-order valence-electron chi connectivity index (χ2n) is 5.05. The minimum atomic E-state index is 0.487. The maximum atomic E-state index is 5.81. The molecule has 94 valence electrons. The highest BCUT2D eigenvalue weighted by molar-refractivity contribution is 6.16. The molecule has 2 nitrogen and oxygen atoms in total. The van der Waals surface area contributed by atoms with Crippen LogP contribution in [-0.4, -0.2) is 9.97 Å². The molecule has 0 aromatic carbocycles. The van der Waals surface area contributed by atoms with E-state index in [1.807, 2.05) is 12.3 Å². The molecule has 0 spiro atoms. The number of hydrogen-bond acceptors (Lipinski definition) is 2. The van der Waals surface area contributed by atoms with Crippen LogP contribution < -0.4 is 0 Å². The van der Waals surface area contributed by atoms with Crippen molar-refractivity contribution in [3.05, 3.63) is 23.8 Å². The normalized spacial score (nSPS) is 24.8. The Balaban J connectivity index is 1.95. The molecule has 1 saturated carbocycles. The lowest BCUT2D eigenvalue weighted by Crippen LogP contribution is -2.15. The second-order valence-corrected chi connectivity index (χ2v) is 5.31. The average Bonchev–Trinajstić information content (AvgIpc) is 2.40. The molecule has 1 fully saturated rings. The van der Waals surface area contributed by atoms with Crippen LogP contribution in [0, 0.1) is 5.92 Å². The van der Waals surface area contributed by atoms with Crippen LogP contribution >= 0.6 is 11.6 Å². The van der Waals surface area contributed by atoms with E-state index in [2.05, 4.69) is 16.9 Å². The molecule has 0 saturated heterocycles. The monoisotopic (exact) mass is 252 g/mol. The highest BCUT2D eigenvalue weighted by atomic mass is 35.5. The summed E-state index contributed by atoms with van der Waals surface area (Å²) in [6.07, 6.45) is 9.72. The third-order valence-electron chi connectivity index (χ3n) is 3.78. The molecular formula is C14H21ClN2. The lowest BCUT2D eigenvalue weighted by atomic mass is 9.80. The molecule has 2 rings (SSSR count). The number of aromatic nitrogens is 2. The number of rotatable bonds is 4. The molecule has 0 atom stereocenters. The summed E-state index contributed by atoms with van der Waals surface area (Å²) in [6, 6.07) is 1.90. The van der Waals surface area contributed by atoms with E-state index in [0.29, 0.717) is 11.8 Å². The zero-order chi connectivity index (χ0) is 12.1. The Morgan fingerprint density at radius 3 is 2.71 bits per heavy atom. The van der Waals surface area contributed by atoms with Crippen molar-refractivity contribution in [2.45, 2.75) is 57.2 Å². The van der Waals surface area contributed by atoms with Crippen LogP contribution in [0.25, 0.3) is 0 Å². The molecule has 1 heterocycles. The largest absolute Gasteiger partial charge is 0.241 e. The van der Waals surface area contributed by atoms with Gasteiger partial charge in [0.2, 0.25) is 0 Å². The predicted octanol–water partition coefficient (Wildman–Crippen LogP) is 4.29. The molecule has 0 amide bonds. The Labute approximate surface area is 109 Å². The summed E-state index contributed by atoms with van der Waals surface area (Å²) in [5.74, 6) is 3.00. The van der Waals surface area contributed by atoms with E-state index in [9.17, 15) is 0 Å². The second kappa shape index (κ2) is 6.34. The van der Waals surface area contributed by atoms with Crippen molar-refractivity contribution >= 4 is 11.6 Å². The maximum Gasteiger partial charge on any atom is 0.131 e. The summed E-state index contributed by atoms with van der Waals surface area (Å²) in [4.78, 5) is 8.96. The SMILES string of the molecule is CCCC1CCC(c2nccc(CCl)n2)CC1. The summed E-state index contributed by atoms with van der Waals surface area (Å²) in [5, 5.41) is 0. The molecule has 0 unspecified atom stereocenters. The minimum absolute atomic E-state index is 0.487. The van der Waals surface area contributed by atoms with E-state index in [-0.39, 0.29) is 0 Å². The fourth-order valence-corrected chi connectivity index (χ4v) is 2.95. The Morgan fingerprint density at radius 2 is 2.06 bits per heavy atom. The number of alkyl halides is 1. The fourth-order valence-electron chi connectivity index (χ4n) is 2.80. The van der Waals surface area contributed by atoms with E-state index in [4.69, 9.17) is 11.6 Å². The first kappa shape index (κ1) is 12.8. The van der Waals surface area contributed by atoms with Gasteiger partial charge in [-0.05, 0) is 37.7 Å². The van der Waals surface area contributed by atoms with Gasteiger partial charge in [0.15, 0.2) is 0 Å². The molecule has 17 heavy (non-hydrogen) atoms. The third-order valence-corrected chi connectivity index (χ3v) is 4.05. The highest BCUT2D eigenvalue weighted by Gasteiger charge is 2.23. The first-order valence-corrected chi connectivity index (χ1v) is 7.24. The number of halogens is 1. The van der Waals surface area contributed by atoms with Crippen LogP contribution in [0.2, 0.25) is 0 Å². The van der Waals surface area contributed by atoms with Crippen LogP contribution in [0.5, 0.6) is 0 Å². The van der Waals surface area contributed by atoms with Gasteiger partial charge in [-0.3, -0.25) is 0 Å².